The summed E-state index contributed by atoms with van der Waals surface area (Å²) in [5.41, 5.74) is 1.63. The summed E-state index contributed by atoms with van der Waals surface area (Å²) in [7, 11) is 0. The Morgan fingerprint density at radius 1 is 1.38 bits per heavy atom. The van der Waals surface area contributed by atoms with Crippen LogP contribution in [-0.4, -0.2) is 36.2 Å². The maximum absolute atomic E-state index is 12.0. The molecule has 1 amide bonds. The highest BCUT2D eigenvalue weighted by molar-refractivity contribution is 5.92. The molecule has 5 heteroatoms. The van der Waals surface area contributed by atoms with Crippen molar-refractivity contribution in [1.82, 2.24) is 4.90 Å². The summed E-state index contributed by atoms with van der Waals surface area (Å²) in [6, 6.07) is 9.18. The summed E-state index contributed by atoms with van der Waals surface area (Å²) in [4.78, 5) is 25.0. The van der Waals surface area contributed by atoms with Crippen LogP contribution in [0.5, 0.6) is 0 Å². The van der Waals surface area contributed by atoms with Crippen LogP contribution in [0, 0.1) is 11.3 Å². The lowest BCUT2D eigenvalue weighted by Gasteiger charge is -2.31. The Labute approximate surface area is 124 Å². The molecule has 110 valence electrons. The van der Waals surface area contributed by atoms with Gasteiger partial charge in [-0.05, 0) is 37.1 Å². The Morgan fingerprint density at radius 2 is 2.14 bits per heavy atom. The maximum atomic E-state index is 12.0. The van der Waals surface area contributed by atoms with Gasteiger partial charge < -0.3 is 10.1 Å². The number of carbonyl (C=O) groups excluding carboxylic acids is 2. The van der Waals surface area contributed by atoms with Crippen LogP contribution in [-0.2, 0) is 16.0 Å². The van der Waals surface area contributed by atoms with Crippen molar-refractivity contribution in [2.24, 2.45) is 0 Å². The average Bonchev–Trinajstić information content (AvgIpc) is 2.50. The summed E-state index contributed by atoms with van der Waals surface area (Å²) in [5, 5.41) is 11.4. The van der Waals surface area contributed by atoms with Gasteiger partial charge in [-0.2, -0.15) is 5.26 Å². The highest BCUT2D eigenvalue weighted by atomic mass is 16.2. The molecule has 1 fully saturated rings. The van der Waals surface area contributed by atoms with Crippen LogP contribution in [0.2, 0.25) is 0 Å². The van der Waals surface area contributed by atoms with Gasteiger partial charge in [0.15, 0.2) is 0 Å². The highest BCUT2D eigenvalue weighted by Crippen LogP contribution is 2.15. The summed E-state index contributed by atoms with van der Waals surface area (Å²) in [5.74, 6) is -0.114. The first kappa shape index (κ1) is 15.2. The van der Waals surface area contributed by atoms with E-state index in [-0.39, 0.29) is 18.5 Å². The van der Waals surface area contributed by atoms with E-state index < -0.39 is 0 Å². The molecule has 1 N–H and O–H groups in total. The number of rotatable bonds is 5. The highest BCUT2D eigenvalue weighted by Gasteiger charge is 2.23. The van der Waals surface area contributed by atoms with Gasteiger partial charge in [-0.25, -0.2) is 0 Å². The van der Waals surface area contributed by atoms with Gasteiger partial charge in [-0.3, -0.25) is 9.69 Å². The fourth-order valence-electron chi connectivity index (χ4n) is 2.55. The third-order valence-corrected chi connectivity index (χ3v) is 3.69. The number of amides is 1. The monoisotopic (exact) mass is 285 g/mol. The molecule has 21 heavy (non-hydrogen) atoms. The maximum Gasteiger partial charge on any atom is 0.238 e. The summed E-state index contributed by atoms with van der Waals surface area (Å²) in [6.07, 6.45) is 4.20. The SMILES string of the molecule is N#CCc1ccc(NC(=O)CN2CCCCC2C=O)cc1. The van der Waals surface area contributed by atoms with Crippen molar-refractivity contribution in [1.29, 1.82) is 5.26 Å². The molecular weight excluding hydrogens is 266 g/mol. The molecule has 0 bridgehead atoms. The second kappa shape index (κ2) is 7.55. The predicted octanol–water partition coefficient (Wildman–Crippen LogP) is 1.74. The van der Waals surface area contributed by atoms with Crippen LogP contribution < -0.4 is 5.32 Å². The molecule has 1 aliphatic heterocycles. The van der Waals surface area contributed by atoms with Crippen LogP contribution in [0.4, 0.5) is 5.69 Å². The second-order valence-corrected chi connectivity index (χ2v) is 5.25. The number of aldehydes is 1. The largest absolute Gasteiger partial charge is 0.325 e. The normalized spacial score (nSPS) is 18.7. The van der Waals surface area contributed by atoms with Crippen LogP contribution >= 0.6 is 0 Å². The molecule has 1 aromatic carbocycles. The molecule has 5 nitrogen and oxygen atoms in total. The minimum Gasteiger partial charge on any atom is -0.325 e. The molecule has 0 saturated carbocycles. The van der Waals surface area contributed by atoms with E-state index in [2.05, 4.69) is 11.4 Å². The van der Waals surface area contributed by atoms with Gasteiger partial charge in [0.05, 0.1) is 25.1 Å². The molecule has 1 unspecified atom stereocenters. The lowest BCUT2D eigenvalue weighted by Crippen LogP contribution is -2.44. The second-order valence-electron chi connectivity index (χ2n) is 5.25. The smallest absolute Gasteiger partial charge is 0.238 e. The van der Waals surface area contributed by atoms with E-state index in [1.807, 2.05) is 17.0 Å². The van der Waals surface area contributed by atoms with E-state index in [1.54, 1.807) is 12.1 Å². The van der Waals surface area contributed by atoms with Crippen LogP contribution in [0.1, 0.15) is 24.8 Å². The molecule has 0 aromatic heterocycles. The number of hydrogen-bond donors (Lipinski definition) is 1. The zero-order valence-corrected chi connectivity index (χ0v) is 11.9. The lowest BCUT2D eigenvalue weighted by molar-refractivity contribution is -0.120. The molecule has 0 radical (unpaired) electrons. The van der Waals surface area contributed by atoms with Crippen molar-refractivity contribution in [3.05, 3.63) is 29.8 Å². The van der Waals surface area contributed by atoms with Crippen molar-refractivity contribution in [2.45, 2.75) is 31.7 Å². The van der Waals surface area contributed by atoms with Crippen molar-refractivity contribution < 1.29 is 9.59 Å². The average molecular weight is 285 g/mol. The fraction of sp³-hybridized carbons (Fsp3) is 0.438. The third-order valence-electron chi connectivity index (χ3n) is 3.69. The van der Waals surface area contributed by atoms with E-state index >= 15 is 0 Å². The first-order valence-corrected chi connectivity index (χ1v) is 7.18. The minimum atomic E-state index is -0.137. The lowest BCUT2D eigenvalue weighted by atomic mass is 10.0. The Bertz CT molecular complexity index is 533. The van der Waals surface area contributed by atoms with Crippen LogP contribution in [0.3, 0.4) is 0 Å². The first-order chi connectivity index (χ1) is 10.2. The number of carbonyl (C=O) groups is 2. The first-order valence-electron chi connectivity index (χ1n) is 7.18. The van der Waals surface area contributed by atoms with Crippen molar-refractivity contribution in [3.8, 4) is 6.07 Å². The molecule has 1 heterocycles. The number of nitrogens with one attached hydrogen (secondary N) is 1. The summed E-state index contributed by atoms with van der Waals surface area (Å²) >= 11 is 0. The Morgan fingerprint density at radius 3 is 2.81 bits per heavy atom. The number of anilines is 1. The van der Waals surface area contributed by atoms with E-state index in [1.165, 1.54) is 0 Å². The van der Waals surface area contributed by atoms with Crippen LogP contribution in [0.25, 0.3) is 0 Å². The van der Waals surface area contributed by atoms with Gasteiger partial charge in [0.25, 0.3) is 0 Å². The molecule has 2 rings (SSSR count). The van der Waals surface area contributed by atoms with Crippen molar-refractivity contribution in [3.63, 3.8) is 0 Å². The fourth-order valence-corrected chi connectivity index (χ4v) is 2.55. The van der Waals surface area contributed by atoms with E-state index in [0.717, 1.165) is 37.7 Å². The van der Waals surface area contributed by atoms with E-state index in [0.29, 0.717) is 12.1 Å². The standard InChI is InChI=1S/C16H19N3O2/c17-9-8-13-4-6-14(7-5-13)18-16(21)11-19-10-2-1-3-15(19)12-20/h4-7,12,15H,1-3,8,10-11H2,(H,18,21). The van der Waals surface area contributed by atoms with E-state index in [9.17, 15) is 9.59 Å². The number of nitrogens with zero attached hydrogens (tertiary/aromatic N) is 2. The number of likely N-dealkylation sites (tertiary alicyclic amines) is 1. The Hall–Kier alpha value is -2.19. The van der Waals surface area contributed by atoms with Gasteiger partial charge >= 0.3 is 0 Å². The molecule has 0 spiro atoms. The Balaban J connectivity index is 1.89. The molecular formula is C16H19N3O2. The molecule has 1 aliphatic rings. The molecule has 1 saturated heterocycles. The number of benzene rings is 1. The quantitative estimate of drug-likeness (QED) is 0.836. The van der Waals surface area contributed by atoms with Gasteiger partial charge in [-0.1, -0.05) is 18.6 Å². The topological polar surface area (TPSA) is 73.2 Å². The molecule has 1 aromatic rings. The van der Waals surface area contributed by atoms with Gasteiger partial charge in [0.1, 0.15) is 6.29 Å². The minimum absolute atomic E-state index is 0.114. The van der Waals surface area contributed by atoms with Crippen LogP contribution in [0.15, 0.2) is 24.3 Å². The van der Waals surface area contributed by atoms with Crippen molar-refractivity contribution in [2.75, 3.05) is 18.4 Å². The molecule has 0 aliphatic carbocycles. The zero-order chi connectivity index (χ0) is 15.1. The predicted molar refractivity (Wildman–Crippen MR) is 79.7 cm³/mol. The number of hydrogen-bond acceptors (Lipinski definition) is 4. The zero-order valence-electron chi connectivity index (χ0n) is 11.9. The Kier molecular flexibility index (Phi) is 5.47. The van der Waals surface area contributed by atoms with E-state index in [4.69, 9.17) is 5.26 Å². The van der Waals surface area contributed by atoms with Gasteiger partial charge in [0, 0.05) is 5.69 Å². The summed E-state index contributed by atoms with van der Waals surface area (Å²) in [6.45, 7) is 1.03. The van der Waals surface area contributed by atoms with Crippen molar-refractivity contribution >= 4 is 17.9 Å². The summed E-state index contributed by atoms with van der Waals surface area (Å²) < 4.78 is 0. The third kappa shape index (κ3) is 4.40. The number of nitriles is 1. The van der Waals surface area contributed by atoms with Gasteiger partial charge in [0.2, 0.25) is 5.91 Å². The molecule has 1 atom stereocenters. The van der Waals surface area contributed by atoms with Gasteiger partial charge in [-0.15, -0.1) is 0 Å². The number of piperidine rings is 1.